The number of aromatic nitrogens is 3. The number of carbonyl (C=O) groups is 1. The number of nitriles is 1. The van der Waals surface area contributed by atoms with Gasteiger partial charge in [0.2, 0.25) is 0 Å². The molecule has 0 aliphatic heterocycles. The zero-order valence-corrected chi connectivity index (χ0v) is 10.3. The van der Waals surface area contributed by atoms with Gasteiger partial charge in [0.15, 0.2) is 5.69 Å². The van der Waals surface area contributed by atoms with E-state index in [2.05, 4.69) is 20.5 Å². The molecule has 0 bridgehead atoms. The molecule has 0 saturated heterocycles. The summed E-state index contributed by atoms with van der Waals surface area (Å²) in [7, 11) is 0. The highest BCUT2D eigenvalue weighted by atomic mass is 16.1. The van der Waals surface area contributed by atoms with Crippen molar-refractivity contribution in [1.82, 2.24) is 15.2 Å². The Morgan fingerprint density at radius 3 is 2.80 bits per heavy atom. The second-order valence-electron chi connectivity index (χ2n) is 4.14. The minimum absolute atomic E-state index is 0.289. The van der Waals surface area contributed by atoms with Crippen LogP contribution in [0.2, 0.25) is 0 Å². The Balaban J connectivity index is 1.87. The summed E-state index contributed by atoms with van der Waals surface area (Å²) in [4.78, 5) is 16.1. The minimum atomic E-state index is -0.325. The van der Waals surface area contributed by atoms with Gasteiger partial charge in [-0.15, -0.1) is 0 Å². The van der Waals surface area contributed by atoms with Crippen LogP contribution in [-0.2, 0) is 0 Å². The maximum absolute atomic E-state index is 12.2. The maximum Gasteiger partial charge on any atom is 0.276 e. The molecule has 2 N–H and O–H groups in total. The van der Waals surface area contributed by atoms with Crippen molar-refractivity contribution in [3.63, 3.8) is 0 Å². The predicted octanol–water partition coefficient (Wildman–Crippen LogP) is 2.08. The summed E-state index contributed by atoms with van der Waals surface area (Å²) in [6.07, 6.45) is 3.22. The Morgan fingerprint density at radius 1 is 1.25 bits per heavy atom. The number of H-pyrrole nitrogens is 1. The van der Waals surface area contributed by atoms with Crippen LogP contribution in [0.1, 0.15) is 16.1 Å². The molecule has 2 heterocycles. The topological polar surface area (TPSA) is 94.5 Å². The summed E-state index contributed by atoms with van der Waals surface area (Å²) < 4.78 is 0. The van der Waals surface area contributed by atoms with Crippen LogP contribution in [0.5, 0.6) is 0 Å². The van der Waals surface area contributed by atoms with Gasteiger partial charge in [-0.1, -0.05) is 0 Å². The average Bonchev–Trinajstić information content (AvgIpc) is 2.92. The van der Waals surface area contributed by atoms with Crippen molar-refractivity contribution in [3.05, 3.63) is 54.0 Å². The fourth-order valence-corrected chi connectivity index (χ4v) is 1.85. The van der Waals surface area contributed by atoms with Crippen LogP contribution in [-0.4, -0.2) is 21.1 Å². The monoisotopic (exact) mass is 263 g/mol. The number of rotatable bonds is 2. The lowest BCUT2D eigenvalue weighted by molar-refractivity contribution is 0.102. The van der Waals surface area contributed by atoms with E-state index in [1.807, 2.05) is 6.07 Å². The first-order valence-corrected chi connectivity index (χ1v) is 5.87. The lowest BCUT2D eigenvalue weighted by atomic mass is 10.2. The highest BCUT2D eigenvalue weighted by Gasteiger charge is 2.14. The Morgan fingerprint density at radius 2 is 2.05 bits per heavy atom. The van der Waals surface area contributed by atoms with E-state index >= 15 is 0 Å². The van der Waals surface area contributed by atoms with Gasteiger partial charge in [0.25, 0.3) is 5.91 Å². The Labute approximate surface area is 114 Å². The molecule has 0 saturated carbocycles. The summed E-state index contributed by atoms with van der Waals surface area (Å²) in [6, 6.07) is 10.4. The minimum Gasteiger partial charge on any atom is -0.321 e. The van der Waals surface area contributed by atoms with E-state index in [4.69, 9.17) is 5.26 Å². The number of fused-ring (bicyclic) bond motifs is 1. The maximum atomic E-state index is 12.2. The molecule has 2 aromatic heterocycles. The summed E-state index contributed by atoms with van der Waals surface area (Å²) in [5.74, 6) is -0.325. The Kier molecular flexibility index (Phi) is 2.86. The van der Waals surface area contributed by atoms with E-state index in [0.29, 0.717) is 16.6 Å². The zero-order chi connectivity index (χ0) is 13.9. The molecule has 0 aliphatic carbocycles. The van der Waals surface area contributed by atoms with Crippen LogP contribution >= 0.6 is 0 Å². The van der Waals surface area contributed by atoms with Crippen molar-refractivity contribution in [3.8, 4) is 6.07 Å². The number of anilines is 1. The molecule has 20 heavy (non-hydrogen) atoms. The zero-order valence-electron chi connectivity index (χ0n) is 10.3. The van der Waals surface area contributed by atoms with Crippen molar-refractivity contribution >= 4 is 22.5 Å². The smallest absolute Gasteiger partial charge is 0.276 e. The van der Waals surface area contributed by atoms with Gasteiger partial charge >= 0.3 is 0 Å². The molecule has 6 heteroatoms. The molecule has 3 aromatic rings. The van der Waals surface area contributed by atoms with Gasteiger partial charge in [0, 0.05) is 18.1 Å². The van der Waals surface area contributed by atoms with Gasteiger partial charge in [-0.2, -0.15) is 10.4 Å². The molecule has 96 valence electrons. The normalized spacial score (nSPS) is 10.2. The number of benzene rings is 1. The molecule has 6 nitrogen and oxygen atoms in total. The number of aromatic amines is 1. The van der Waals surface area contributed by atoms with E-state index in [1.165, 1.54) is 0 Å². The van der Waals surface area contributed by atoms with Crippen molar-refractivity contribution in [2.75, 3.05) is 5.32 Å². The van der Waals surface area contributed by atoms with E-state index in [-0.39, 0.29) is 11.6 Å². The summed E-state index contributed by atoms with van der Waals surface area (Å²) in [5, 5.41) is 18.9. The number of amides is 1. The van der Waals surface area contributed by atoms with Crippen LogP contribution in [0.4, 0.5) is 5.69 Å². The van der Waals surface area contributed by atoms with Crippen molar-refractivity contribution < 1.29 is 4.79 Å². The lowest BCUT2D eigenvalue weighted by Gasteiger charge is -2.03. The second kappa shape index (κ2) is 4.82. The first kappa shape index (κ1) is 11.9. The fraction of sp³-hybridized carbons (Fsp3) is 0. The highest BCUT2D eigenvalue weighted by molar-refractivity contribution is 6.10. The van der Waals surface area contributed by atoms with Crippen molar-refractivity contribution in [2.45, 2.75) is 0 Å². The van der Waals surface area contributed by atoms with Crippen LogP contribution in [0.25, 0.3) is 10.9 Å². The fourth-order valence-electron chi connectivity index (χ4n) is 1.85. The van der Waals surface area contributed by atoms with Gasteiger partial charge in [0.1, 0.15) is 0 Å². The number of nitrogens with one attached hydrogen (secondary N) is 2. The number of pyridine rings is 1. The molecule has 1 aromatic carbocycles. The summed E-state index contributed by atoms with van der Waals surface area (Å²) in [6.45, 7) is 0. The quantitative estimate of drug-likeness (QED) is 0.740. The van der Waals surface area contributed by atoms with E-state index in [9.17, 15) is 4.79 Å². The molecule has 0 unspecified atom stereocenters. The molecule has 1 amide bonds. The molecule has 0 aliphatic rings. The lowest BCUT2D eigenvalue weighted by Crippen LogP contribution is -2.12. The molecule has 0 atom stereocenters. The third-order valence-corrected chi connectivity index (χ3v) is 2.85. The van der Waals surface area contributed by atoms with E-state index < -0.39 is 0 Å². The third-order valence-electron chi connectivity index (χ3n) is 2.85. The van der Waals surface area contributed by atoms with Crippen LogP contribution in [0.15, 0.2) is 42.7 Å². The first-order chi connectivity index (χ1) is 9.78. The van der Waals surface area contributed by atoms with Gasteiger partial charge in [-0.3, -0.25) is 14.9 Å². The molecule has 0 spiro atoms. The van der Waals surface area contributed by atoms with Crippen molar-refractivity contribution in [2.24, 2.45) is 0 Å². The highest BCUT2D eigenvalue weighted by Crippen LogP contribution is 2.16. The molecule has 0 fully saturated rings. The Hall–Kier alpha value is -3.20. The second-order valence-corrected chi connectivity index (χ2v) is 4.14. The number of nitrogens with zero attached hydrogens (tertiary/aromatic N) is 3. The Bertz CT molecular complexity index is 813. The van der Waals surface area contributed by atoms with Crippen LogP contribution < -0.4 is 5.32 Å². The first-order valence-electron chi connectivity index (χ1n) is 5.87. The van der Waals surface area contributed by atoms with Crippen molar-refractivity contribution in [1.29, 1.82) is 5.26 Å². The van der Waals surface area contributed by atoms with E-state index in [0.717, 1.165) is 5.52 Å². The largest absolute Gasteiger partial charge is 0.321 e. The van der Waals surface area contributed by atoms with Crippen LogP contribution in [0.3, 0.4) is 0 Å². The molecular weight excluding hydrogens is 254 g/mol. The van der Waals surface area contributed by atoms with Gasteiger partial charge in [0.05, 0.1) is 22.5 Å². The third kappa shape index (κ3) is 2.08. The SMILES string of the molecule is N#Cc1ccc(NC(=O)c2n[nH]c3ccncc23)cc1. The predicted molar refractivity (Wildman–Crippen MR) is 73.0 cm³/mol. The van der Waals surface area contributed by atoms with Gasteiger partial charge < -0.3 is 5.32 Å². The average molecular weight is 263 g/mol. The molecular formula is C14H9N5O. The van der Waals surface area contributed by atoms with Crippen LogP contribution in [0, 0.1) is 11.3 Å². The standard InChI is InChI=1S/C14H9N5O/c15-7-9-1-3-10(4-2-9)17-14(20)13-11-8-16-6-5-12(11)18-19-13/h1-6,8H,(H,17,20)(H,18,19). The summed E-state index contributed by atoms with van der Waals surface area (Å²) >= 11 is 0. The van der Waals surface area contributed by atoms with Gasteiger partial charge in [-0.05, 0) is 30.3 Å². The molecule has 3 rings (SSSR count). The number of hydrogen-bond donors (Lipinski definition) is 2. The number of carbonyl (C=O) groups excluding carboxylic acids is 1. The van der Waals surface area contributed by atoms with E-state index in [1.54, 1.807) is 42.7 Å². The summed E-state index contributed by atoms with van der Waals surface area (Å²) in [5.41, 5.74) is 2.19. The van der Waals surface area contributed by atoms with Gasteiger partial charge in [-0.25, -0.2) is 0 Å². The molecule has 0 radical (unpaired) electrons. The number of hydrogen-bond acceptors (Lipinski definition) is 4.